The van der Waals surface area contributed by atoms with E-state index in [0.717, 1.165) is 9.80 Å². The van der Waals surface area contributed by atoms with Gasteiger partial charge >= 0.3 is 36.1 Å². The van der Waals surface area contributed by atoms with Gasteiger partial charge in [-0.05, 0) is 77.4 Å². The van der Waals surface area contributed by atoms with Crippen molar-refractivity contribution in [3.63, 3.8) is 0 Å². The maximum Gasteiger partial charge on any atom is 0.410 e. The largest absolute Gasteiger partial charge is 0.480 e. The number of carbonyl (C=O) groups excluding carboxylic acids is 9. The molecule has 0 bridgehead atoms. The molecule has 30 heteroatoms. The second-order valence-corrected chi connectivity index (χ2v) is 22.3. The smallest absolute Gasteiger partial charge is 0.410 e. The van der Waals surface area contributed by atoms with E-state index in [9.17, 15) is 72.9 Å². The third kappa shape index (κ3) is 29.5. The van der Waals surface area contributed by atoms with Gasteiger partial charge in [-0.25, -0.2) is 14.4 Å². The molecule has 0 aromatic rings. The number of nitrogens with one attached hydrogen (secondary N) is 4. The van der Waals surface area contributed by atoms with Gasteiger partial charge in [-0.1, -0.05) is 13.8 Å². The number of likely N-dealkylation sites (N-methyl/N-ethyl adjacent to an activating group) is 2. The van der Waals surface area contributed by atoms with Crippen LogP contribution in [0.4, 0.5) is 9.59 Å². The highest BCUT2D eigenvalue weighted by Gasteiger charge is 2.34. The number of ether oxygens (including phenoxy) is 3. The van der Waals surface area contributed by atoms with E-state index in [1.54, 1.807) is 59.4 Å². The Hall–Kier alpha value is -7.02. The lowest BCUT2D eigenvalue weighted by Gasteiger charge is -2.32. The number of hydrogen-bond donors (Lipinski definition) is 7. The zero-order valence-corrected chi connectivity index (χ0v) is 49.5. The predicted molar refractivity (Wildman–Crippen MR) is 298 cm³/mol. The molecule has 2 fully saturated rings. The van der Waals surface area contributed by atoms with Crippen molar-refractivity contribution in [1.29, 1.82) is 0 Å². The van der Waals surface area contributed by atoms with Crippen LogP contribution in [0.1, 0.15) is 98.3 Å². The monoisotopic (exact) mass is 1200 g/mol. The molecule has 474 valence electrons. The van der Waals surface area contributed by atoms with Gasteiger partial charge in [0.05, 0.1) is 38.2 Å². The zero-order chi connectivity index (χ0) is 62.4. The molecule has 2 atom stereocenters. The first-order chi connectivity index (χ1) is 39.6. The Bertz CT molecular complexity index is 2240. The van der Waals surface area contributed by atoms with Gasteiger partial charge in [0, 0.05) is 117 Å². The molecule has 8 amide bonds. The first-order valence-electron chi connectivity index (χ1n) is 28.5. The summed E-state index contributed by atoms with van der Waals surface area (Å²) in [5, 5.41) is 39.9. The standard InChI is InChI=1S/C54H89N11O19/c1-53(2,19-32-81-54(3,4)18-17-49(77)84-65-44(69)15-16-45(65)70)50(78)58-23-10-22-56-42(67)34-60(6)52(80)83-40-12-8-7-11-39(13-14-40)82-51(79)59(5)33-41(66)55-20-9-21-57-43(68)35-61-24-26-62(36-46(71)72)28-30-64(38-48(75)76)31-29-63(27-25-61)37-47(73)74/h13-14,39-40H,7-12,15-38H2,1-6H3,(H,55,66)(H,56,67)(H,57,68)(H,58,78)(H,71,72)(H,73,74)(H,75,76)/b14-13+. The van der Waals surface area contributed by atoms with E-state index in [-0.39, 0.29) is 162 Å². The maximum absolute atomic E-state index is 13.0. The minimum Gasteiger partial charge on any atom is -0.480 e. The lowest BCUT2D eigenvalue weighted by atomic mass is 9.88. The van der Waals surface area contributed by atoms with Crippen molar-refractivity contribution in [3.05, 3.63) is 12.2 Å². The number of hydrogen-bond acceptors (Lipinski definition) is 20. The molecule has 2 heterocycles. The predicted octanol–water partition coefficient (Wildman–Crippen LogP) is -0.690. The van der Waals surface area contributed by atoms with Crippen LogP contribution >= 0.6 is 0 Å². The Balaban J connectivity index is 1.31. The van der Waals surface area contributed by atoms with Crippen molar-refractivity contribution in [2.75, 3.05) is 139 Å². The average molecular weight is 1200 g/mol. The number of rotatable bonds is 31. The summed E-state index contributed by atoms with van der Waals surface area (Å²) >= 11 is 0. The molecule has 2 saturated heterocycles. The summed E-state index contributed by atoms with van der Waals surface area (Å²) < 4.78 is 17.3. The third-order valence-corrected chi connectivity index (χ3v) is 14.0. The van der Waals surface area contributed by atoms with E-state index >= 15 is 0 Å². The zero-order valence-electron chi connectivity index (χ0n) is 49.5. The summed E-state index contributed by atoms with van der Waals surface area (Å²) in [4.78, 5) is 162. The van der Waals surface area contributed by atoms with Gasteiger partial charge in [-0.3, -0.25) is 62.8 Å². The van der Waals surface area contributed by atoms with Crippen molar-refractivity contribution < 1.29 is 91.9 Å². The average Bonchev–Trinajstić information content (AvgIpc) is 3.92. The van der Waals surface area contributed by atoms with Crippen LogP contribution in [-0.2, 0) is 67.0 Å². The van der Waals surface area contributed by atoms with Gasteiger partial charge in [0.2, 0.25) is 23.6 Å². The first kappa shape index (κ1) is 71.2. The van der Waals surface area contributed by atoms with Crippen LogP contribution in [0, 0.1) is 5.41 Å². The van der Waals surface area contributed by atoms with Gasteiger partial charge in [0.1, 0.15) is 25.3 Å². The number of carboxylic acid groups (broad SMARTS) is 3. The van der Waals surface area contributed by atoms with Crippen molar-refractivity contribution in [2.24, 2.45) is 5.41 Å². The summed E-state index contributed by atoms with van der Waals surface area (Å²) in [6.45, 7) is 8.71. The minimum atomic E-state index is -1.06. The summed E-state index contributed by atoms with van der Waals surface area (Å²) in [6, 6.07) is 0. The summed E-state index contributed by atoms with van der Waals surface area (Å²) in [5.41, 5.74) is -1.56. The number of amides is 8. The topological polar surface area (TPSA) is 373 Å². The number of imide groups is 1. The van der Waals surface area contributed by atoms with Gasteiger partial charge < -0.3 is 65.4 Å². The molecular weight excluding hydrogens is 1110 g/mol. The SMILES string of the molecule is CN(CC(=O)NCCCNC(=O)CN1CCN(CC(=O)O)CCN(CC(=O)O)CCN(CC(=O)O)CC1)C(=O)OC1/C=C/C(OC(=O)N(C)CC(=O)NCCCNC(=O)C(C)(C)CCOC(C)(C)CCC(=O)ON2C(=O)CCC2=O)CCCC1. The Morgan fingerprint density at radius 1 is 0.560 bits per heavy atom. The second-order valence-electron chi connectivity index (χ2n) is 22.3. The number of carbonyl (C=O) groups is 12. The van der Waals surface area contributed by atoms with Gasteiger partial charge in [0.25, 0.3) is 11.8 Å². The molecule has 1 aliphatic carbocycles. The molecule has 30 nitrogen and oxygen atoms in total. The molecule has 2 unspecified atom stereocenters. The fraction of sp³-hybridized carbons (Fsp3) is 0.741. The lowest BCUT2D eigenvalue weighted by Crippen LogP contribution is -2.49. The van der Waals surface area contributed by atoms with Crippen molar-refractivity contribution >= 4 is 71.5 Å². The summed E-state index contributed by atoms with van der Waals surface area (Å²) in [6.07, 6.45) is 3.97. The molecule has 3 aliphatic rings. The normalized spacial score (nSPS) is 18.6. The molecule has 3 rings (SSSR count). The van der Waals surface area contributed by atoms with Crippen LogP contribution in [0.3, 0.4) is 0 Å². The minimum absolute atomic E-state index is 0.00301. The van der Waals surface area contributed by atoms with Crippen LogP contribution in [0.15, 0.2) is 12.2 Å². The molecule has 0 radical (unpaired) electrons. The quantitative estimate of drug-likeness (QED) is 0.0257. The van der Waals surface area contributed by atoms with Gasteiger partial charge in [-0.15, -0.1) is 5.06 Å². The van der Waals surface area contributed by atoms with E-state index in [1.165, 1.54) is 14.1 Å². The Labute approximate surface area is 490 Å². The van der Waals surface area contributed by atoms with Crippen LogP contribution in [0.25, 0.3) is 0 Å². The van der Waals surface area contributed by atoms with E-state index in [2.05, 4.69) is 21.3 Å². The van der Waals surface area contributed by atoms with E-state index in [4.69, 9.17) is 19.0 Å². The molecule has 0 spiro atoms. The second kappa shape index (κ2) is 36.6. The van der Waals surface area contributed by atoms with Crippen LogP contribution in [-0.4, -0.2) is 278 Å². The third-order valence-electron chi connectivity index (χ3n) is 14.0. The van der Waals surface area contributed by atoms with Crippen LogP contribution in [0.5, 0.6) is 0 Å². The van der Waals surface area contributed by atoms with E-state index in [0.29, 0.717) is 50.0 Å². The Kier molecular flexibility index (Phi) is 31.1. The van der Waals surface area contributed by atoms with E-state index in [1.807, 2.05) is 0 Å². The first-order valence-corrected chi connectivity index (χ1v) is 28.5. The Morgan fingerprint density at radius 2 is 0.940 bits per heavy atom. The molecule has 0 saturated carbocycles. The van der Waals surface area contributed by atoms with Crippen molar-refractivity contribution in [1.82, 2.24) is 55.7 Å². The van der Waals surface area contributed by atoms with Crippen LogP contribution < -0.4 is 21.3 Å². The fourth-order valence-corrected chi connectivity index (χ4v) is 8.76. The van der Waals surface area contributed by atoms with Crippen molar-refractivity contribution in [2.45, 2.75) is 116 Å². The van der Waals surface area contributed by atoms with Crippen molar-refractivity contribution in [3.8, 4) is 0 Å². The number of carboxylic acids is 3. The highest BCUT2D eigenvalue weighted by molar-refractivity contribution is 6.01. The Morgan fingerprint density at radius 3 is 1.35 bits per heavy atom. The number of aliphatic carboxylic acids is 3. The maximum atomic E-state index is 13.0. The highest BCUT2D eigenvalue weighted by Crippen LogP contribution is 2.25. The van der Waals surface area contributed by atoms with Gasteiger partial charge in [-0.2, -0.15) is 0 Å². The van der Waals surface area contributed by atoms with Gasteiger partial charge in [0.15, 0.2) is 0 Å². The summed E-state index contributed by atoms with van der Waals surface area (Å²) in [7, 11) is 2.83. The molecular formula is C54H89N11O19. The molecule has 84 heavy (non-hydrogen) atoms. The number of nitrogens with zero attached hydrogens (tertiary/aromatic N) is 7. The number of hydroxylamine groups is 2. The fourth-order valence-electron chi connectivity index (χ4n) is 8.76. The molecule has 2 aliphatic heterocycles. The lowest BCUT2D eigenvalue weighted by molar-refractivity contribution is -0.198. The van der Waals surface area contributed by atoms with E-state index < -0.39 is 82.9 Å². The summed E-state index contributed by atoms with van der Waals surface area (Å²) in [5.74, 6) is -6.48. The molecule has 0 aromatic carbocycles. The molecule has 7 N–H and O–H groups in total. The molecule has 0 aromatic heterocycles. The highest BCUT2D eigenvalue weighted by atomic mass is 16.7. The van der Waals surface area contributed by atoms with Crippen LogP contribution in [0.2, 0.25) is 0 Å².